The number of thioether (sulfide) groups is 1. The Morgan fingerprint density at radius 2 is 1.57 bits per heavy atom. The van der Waals surface area contributed by atoms with Gasteiger partial charge in [0, 0.05) is 11.4 Å². The monoisotopic (exact) mass is 330 g/mol. The number of allylic oxidation sites excluding steroid dienone is 1. The van der Waals surface area contributed by atoms with Crippen molar-refractivity contribution in [3.63, 3.8) is 0 Å². The van der Waals surface area contributed by atoms with Crippen LogP contribution in [0.25, 0.3) is 0 Å². The zero-order valence-electron chi connectivity index (χ0n) is 13.4. The van der Waals surface area contributed by atoms with Crippen molar-refractivity contribution in [3.05, 3.63) is 34.9 Å². The van der Waals surface area contributed by atoms with Gasteiger partial charge >= 0.3 is 6.09 Å². The average Bonchev–Trinajstić information content (AvgIpc) is 2.47. The molecule has 2 N–H and O–H groups in total. The van der Waals surface area contributed by atoms with E-state index in [1.807, 2.05) is 12.1 Å². The summed E-state index contributed by atoms with van der Waals surface area (Å²) in [7, 11) is 0. The fraction of sp³-hybridized carbons (Fsp3) is 0.312. The number of nitriles is 2. The van der Waals surface area contributed by atoms with E-state index in [9.17, 15) is 4.79 Å². The number of anilines is 2. The molecule has 1 aromatic rings. The van der Waals surface area contributed by atoms with Crippen molar-refractivity contribution in [2.45, 2.75) is 26.4 Å². The molecule has 0 aliphatic rings. The third-order valence-corrected chi connectivity index (χ3v) is 3.16. The molecule has 0 bridgehead atoms. The summed E-state index contributed by atoms with van der Waals surface area (Å²) >= 11 is 1.28. The van der Waals surface area contributed by atoms with Gasteiger partial charge in [0.2, 0.25) is 0 Å². The lowest BCUT2D eigenvalue weighted by Gasteiger charge is -2.19. The first-order chi connectivity index (χ1) is 10.8. The zero-order chi connectivity index (χ0) is 17.5. The molecule has 1 aromatic carbocycles. The molecular formula is C16H18N4O2S. The maximum Gasteiger partial charge on any atom is 0.412 e. The number of nitrogens with one attached hydrogen (secondary N) is 2. The summed E-state index contributed by atoms with van der Waals surface area (Å²) in [4.78, 5) is 11.7. The molecule has 1 amide bonds. The summed E-state index contributed by atoms with van der Waals surface area (Å²) in [5, 5.41) is 23.9. The Hall–Kier alpha value is -2.64. The van der Waals surface area contributed by atoms with Gasteiger partial charge in [-0.25, -0.2) is 4.79 Å². The Kier molecular flexibility index (Phi) is 6.49. The first kappa shape index (κ1) is 18.4. The molecule has 0 saturated carbocycles. The van der Waals surface area contributed by atoms with Gasteiger partial charge in [-0.15, -0.1) is 11.8 Å². The van der Waals surface area contributed by atoms with Gasteiger partial charge in [-0.1, -0.05) is 0 Å². The number of carbonyl (C=O) groups is 1. The van der Waals surface area contributed by atoms with Crippen molar-refractivity contribution >= 4 is 29.2 Å². The first-order valence-corrected chi connectivity index (χ1v) is 7.97. The standard InChI is InChI=1S/C16H18N4O2S/c1-16(2,3)22-15(21)20-13-7-5-12(6-8-13)19-14(23-4)11(9-17)10-18/h5-8,19H,1-4H3,(H,20,21). The number of hydrogen-bond acceptors (Lipinski definition) is 6. The van der Waals surface area contributed by atoms with Crippen LogP contribution in [0.3, 0.4) is 0 Å². The van der Waals surface area contributed by atoms with E-state index in [0.29, 0.717) is 16.4 Å². The molecule has 0 aliphatic heterocycles. The zero-order valence-corrected chi connectivity index (χ0v) is 14.2. The van der Waals surface area contributed by atoms with Crippen LogP contribution >= 0.6 is 11.8 Å². The fourth-order valence-electron chi connectivity index (χ4n) is 1.53. The van der Waals surface area contributed by atoms with Gasteiger partial charge < -0.3 is 10.1 Å². The van der Waals surface area contributed by atoms with Crippen LogP contribution in [0.1, 0.15) is 20.8 Å². The minimum Gasteiger partial charge on any atom is -0.444 e. The van der Waals surface area contributed by atoms with Crippen molar-refractivity contribution < 1.29 is 9.53 Å². The Morgan fingerprint density at radius 1 is 1.09 bits per heavy atom. The highest BCUT2D eigenvalue weighted by atomic mass is 32.2. The van der Waals surface area contributed by atoms with Crippen LogP contribution in [-0.4, -0.2) is 18.0 Å². The van der Waals surface area contributed by atoms with E-state index in [-0.39, 0.29) is 5.57 Å². The second kappa shape index (κ2) is 8.11. The second-order valence-electron chi connectivity index (χ2n) is 5.46. The number of ether oxygens (including phenoxy) is 1. The van der Waals surface area contributed by atoms with E-state index in [0.717, 1.165) is 0 Å². The normalized spacial score (nSPS) is 10.0. The molecule has 7 heteroatoms. The number of nitrogens with zero attached hydrogens (tertiary/aromatic N) is 2. The Labute approximate surface area is 140 Å². The smallest absolute Gasteiger partial charge is 0.412 e. The van der Waals surface area contributed by atoms with Gasteiger partial charge in [0.05, 0.1) is 0 Å². The number of benzene rings is 1. The van der Waals surface area contributed by atoms with Gasteiger partial charge in [0.15, 0.2) is 5.57 Å². The largest absolute Gasteiger partial charge is 0.444 e. The highest BCUT2D eigenvalue weighted by Gasteiger charge is 2.16. The van der Waals surface area contributed by atoms with Crippen molar-refractivity contribution in [1.82, 2.24) is 0 Å². The molecule has 0 spiro atoms. The third-order valence-electron chi connectivity index (χ3n) is 2.44. The highest BCUT2D eigenvalue weighted by Crippen LogP contribution is 2.22. The van der Waals surface area contributed by atoms with Crippen LogP contribution < -0.4 is 10.6 Å². The molecular weight excluding hydrogens is 312 g/mol. The van der Waals surface area contributed by atoms with Gasteiger partial charge in [-0.3, -0.25) is 5.32 Å². The average molecular weight is 330 g/mol. The topological polar surface area (TPSA) is 97.9 Å². The molecule has 120 valence electrons. The van der Waals surface area contributed by atoms with E-state index in [1.54, 1.807) is 51.3 Å². The SMILES string of the molecule is CSC(Nc1ccc(NC(=O)OC(C)(C)C)cc1)=C(C#N)C#N. The molecule has 0 fully saturated rings. The molecule has 0 radical (unpaired) electrons. The van der Waals surface area contributed by atoms with E-state index in [2.05, 4.69) is 10.6 Å². The van der Waals surface area contributed by atoms with Crippen LogP contribution in [0.2, 0.25) is 0 Å². The number of amides is 1. The van der Waals surface area contributed by atoms with Crippen molar-refractivity contribution in [1.29, 1.82) is 10.5 Å². The van der Waals surface area contributed by atoms with Gasteiger partial charge in [0.25, 0.3) is 0 Å². The quantitative estimate of drug-likeness (QED) is 0.808. The van der Waals surface area contributed by atoms with E-state index < -0.39 is 11.7 Å². The number of hydrogen-bond donors (Lipinski definition) is 2. The maximum atomic E-state index is 11.7. The third kappa shape index (κ3) is 6.33. The Bertz CT molecular complexity index is 660. The van der Waals surface area contributed by atoms with Crippen molar-refractivity contribution in [3.8, 4) is 12.1 Å². The molecule has 0 saturated heterocycles. The van der Waals surface area contributed by atoms with Crippen LogP contribution in [0.4, 0.5) is 16.2 Å². The summed E-state index contributed by atoms with van der Waals surface area (Å²) in [6.45, 7) is 5.37. The molecule has 0 aliphatic carbocycles. The predicted octanol–water partition coefficient (Wildman–Crippen LogP) is 4.07. The summed E-state index contributed by atoms with van der Waals surface area (Å²) in [5.74, 6) is 0. The van der Waals surface area contributed by atoms with Crippen molar-refractivity contribution in [2.75, 3.05) is 16.9 Å². The van der Waals surface area contributed by atoms with Crippen LogP contribution in [0.5, 0.6) is 0 Å². The lowest BCUT2D eigenvalue weighted by atomic mass is 10.2. The summed E-state index contributed by atoms with van der Waals surface area (Å²) in [6, 6.07) is 10.5. The molecule has 0 heterocycles. The van der Waals surface area contributed by atoms with Crippen LogP contribution in [-0.2, 0) is 4.74 Å². The second-order valence-corrected chi connectivity index (χ2v) is 6.28. The Morgan fingerprint density at radius 3 is 1.96 bits per heavy atom. The van der Waals surface area contributed by atoms with Gasteiger partial charge in [-0.05, 0) is 51.3 Å². The molecule has 0 aromatic heterocycles. The molecule has 23 heavy (non-hydrogen) atoms. The van der Waals surface area contributed by atoms with Gasteiger partial charge in [0.1, 0.15) is 22.8 Å². The summed E-state index contributed by atoms with van der Waals surface area (Å²) in [5.41, 5.74) is 0.745. The highest BCUT2D eigenvalue weighted by molar-refractivity contribution is 8.02. The summed E-state index contributed by atoms with van der Waals surface area (Å²) < 4.78 is 5.17. The number of carbonyl (C=O) groups excluding carboxylic acids is 1. The maximum absolute atomic E-state index is 11.7. The lowest BCUT2D eigenvalue weighted by Crippen LogP contribution is -2.27. The van der Waals surface area contributed by atoms with E-state index >= 15 is 0 Å². The predicted molar refractivity (Wildman–Crippen MR) is 91.7 cm³/mol. The first-order valence-electron chi connectivity index (χ1n) is 6.74. The summed E-state index contributed by atoms with van der Waals surface area (Å²) in [6.07, 6.45) is 1.24. The Balaban J connectivity index is 2.78. The molecule has 1 rings (SSSR count). The van der Waals surface area contributed by atoms with Crippen molar-refractivity contribution in [2.24, 2.45) is 0 Å². The lowest BCUT2D eigenvalue weighted by molar-refractivity contribution is 0.0636. The minimum absolute atomic E-state index is 0.0217. The molecule has 6 nitrogen and oxygen atoms in total. The van der Waals surface area contributed by atoms with Crippen LogP contribution in [0.15, 0.2) is 34.9 Å². The van der Waals surface area contributed by atoms with E-state index in [4.69, 9.17) is 15.3 Å². The fourth-order valence-corrected chi connectivity index (χ4v) is 2.05. The molecule has 0 atom stereocenters. The van der Waals surface area contributed by atoms with E-state index in [1.165, 1.54) is 11.8 Å². The van der Waals surface area contributed by atoms with Crippen LogP contribution in [0, 0.1) is 22.7 Å². The van der Waals surface area contributed by atoms with Gasteiger partial charge in [-0.2, -0.15) is 10.5 Å². The minimum atomic E-state index is -0.561. The number of rotatable bonds is 4. The molecule has 0 unspecified atom stereocenters.